The molecule has 1 amide bonds. The second-order valence-electron chi connectivity index (χ2n) is 6.51. The number of nitrogens with one attached hydrogen (secondary N) is 1. The lowest BCUT2D eigenvalue weighted by Gasteiger charge is -2.18. The largest absolute Gasteiger partial charge is 0.352 e. The number of amides is 1. The van der Waals surface area contributed by atoms with Gasteiger partial charge in [-0.1, -0.05) is 17.3 Å². The Bertz CT molecular complexity index is 778. The van der Waals surface area contributed by atoms with Crippen LogP contribution in [0.1, 0.15) is 34.6 Å². The third kappa shape index (κ3) is 2.12. The molecule has 5 nitrogen and oxygen atoms in total. The Labute approximate surface area is 128 Å². The monoisotopic (exact) mass is 297 g/mol. The highest BCUT2D eigenvalue weighted by atomic mass is 16.5. The lowest BCUT2D eigenvalue weighted by molar-refractivity contribution is 0.0946. The first-order valence-electron chi connectivity index (χ1n) is 7.82. The van der Waals surface area contributed by atoms with Gasteiger partial charge in [-0.15, -0.1) is 0 Å². The summed E-state index contributed by atoms with van der Waals surface area (Å²) in [5, 5.41) is 7.73. The van der Waals surface area contributed by atoms with Crippen molar-refractivity contribution >= 4 is 17.0 Å². The zero-order chi connectivity index (χ0) is 15.3. The number of aryl methyl sites for hydroxylation is 2. The second-order valence-corrected chi connectivity index (χ2v) is 6.51. The van der Waals surface area contributed by atoms with E-state index >= 15 is 0 Å². The molecule has 2 bridgehead atoms. The van der Waals surface area contributed by atoms with Crippen LogP contribution in [0.3, 0.4) is 0 Å². The van der Waals surface area contributed by atoms with Crippen molar-refractivity contribution in [1.82, 2.24) is 15.5 Å². The van der Waals surface area contributed by atoms with Crippen LogP contribution in [-0.2, 0) is 0 Å². The van der Waals surface area contributed by atoms with Crippen LogP contribution < -0.4 is 5.32 Å². The van der Waals surface area contributed by atoms with Crippen LogP contribution in [0.15, 0.2) is 22.7 Å². The molecule has 1 N–H and O–H groups in total. The Morgan fingerprint density at radius 1 is 1.36 bits per heavy atom. The molecule has 22 heavy (non-hydrogen) atoms. The number of hydrogen-bond donors (Lipinski definition) is 1. The molecule has 2 aliphatic rings. The van der Waals surface area contributed by atoms with Crippen molar-refractivity contribution in [2.75, 3.05) is 6.54 Å². The van der Waals surface area contributed by atoms with Crippen molar-refractivity contribution in [1.29, 1.82) is 0 Å². The number of carbonyl (C=O) groups is 1. The molecule has 114 valence electrons. The van der Waals surface area contributed by atoms with Gasteiger partial charge in [0.15, 0.2) is 0 Å². The minimum Gasteiger partial charge on any atom is -0.352 e. The molecule has 1 fully saturated rings. The van der Waals surface area contributed by atoms with Gasteiger partial charge < -0.3 is 9.84 Å². The van der Waals surface area contributed by atoms with Gasteiger partial charge in [0.25, 0.3) is 11.6 Å². The molecule has 2 aromatic heterocycles. The Morgan fingerprint density at radius 2 is 2.23 bits per heavy atom. The number of carbonyl (C=O) groups excluding carboxylic acids is 1. The predicted octanol–water partition coefficient (Wildman–Crippen LogP) is 2.78. The van der Waals surface area contributed by atoms with E-state index in [4.69, 9.17) is 4.52 Å². The molecule has 4 rings (SSSR count). The number of rotatable bonds is 3. The second kappa shape index (κ2) is 4.93. The zero-order valence-electron chi connectivity index (χ0n) is 12.8. The third-order valence-electron chi connectivity index (χ3n) is 4.93. The van der Waals surface area contributed by atoms with E-state index in [2.05, 4.69) is 27.6 Å². The average molecular weight is 297 g/mol. The maximum absolute atomic E-state index is 12.6. The molecule has 0 radical (unpaired) electrons. The van der Waals surface area contributed by atoms with E-state index in [1.807, 2.05) is 19.9 Å². The molecular formula is C17H19N3O2. The average Bonchev–Trinajstić information content (AvgIpc) is 3.20. The number of fused-ring (bicyclic) bond motifs is 3. The first-order chi connectivity index (χ1) is 10.6. The summed E-state index contributed by atoms with van der Waals surface area (Å²) >= 11 is 0. The predicted molar refractivity (Wildman–Crippen MR) is 82.5 cm³/mol. The first kappa shape index (κ1) is 13.5. The van der Waals surface area contributed by atoms with Gasteiger partial charge in [0.05, 0.1) is 16.6 Å². The Hall–Kier alpha value is -2.17. The summed E-state index contributed by atoms with van der Waals surface area (Å²) < 4.78 is 5.19. The molecule has 5 heteroatoms. The summed E-state index contributed by atoms with van der Waals surface area (Å²) in [5.41, 5.74) is 2.51. The lowest BCUT2D eigenvalue weighted by Crippen LogP contribution is -2.31. The highest BCUT2D eigenvalue weighted by Gasteiger charge is 2.35. The Morgan fingerprint density at radius 3 is 2.95 bits per heavy atom. The van der Waals surface area contributed by atoms with Crippen LogP contribution in [-0.4, -0.2) is 22.6 Å². The molecule has 0 spiro atoms. The van der Waals surface area contributed by atoms with E-state index in [1.54, 1.807) is 0 Å². The SMILES string of the molecule is Cc1cc(C(=O)NC[C@H]2C[C@H]3C=C[C@H]2C3)c2c(C)noc2n1. The molecule has 0 aromatic carbocycles. The Balaban J connectivity index is 1.55. The smallest absolute Gasteiger partial charge is 0.258 e. The molecule has 0 aliphatic heterocycles. The van der Waals surface area contributed by atoms with E-state index in [0.29, 0.717) is 28.8 Å². The van der Waals surface area contributed by atoms with Crippen LogP contribution in [0, 0.1) is 31.6 Å². The van der Waals surface area contributed by atoms with Crippen molar-refractivity contribution in [2.45, 2.75) is 26.7 Å². The van der Waals surface area contributed by atoms with Gasteiger partial charge in [0.1, 0.15) is 0 Å². The first-order valence-corrected chi connectivity index (χ1v) is 7.82. The van der Waals surface area contributed by atoms with Crippen LogP contribution in [0.25, 0.3) is 11.1 Å². The van der Waals surface area contributed by atoms with Gasteiger partial charge in [-0.05, 0) is 50.5 Å². The minimum atomic E-state index is -0.0615. The topological polar surface area (TPSA) is 68.0 Å². The molecule has 0 unspecified atom stereocenters. The van der Waals surface area contributed by atoms with Crippen molar-refractivity contribution in [3.05, 3.63) is 35.2 Å². The number of allylic oxidation sites excluding steroid dienone is 2. The summed E-state index contributed by atoms with van der Waals surface area (Å²) in [4.78, 5) is 16.9. The van der Waals surface area contributed by atoms with E-state index in [0.717, 1.165) is 23.5 Å². The van der Waals surface area contributed by atoms with Crippen LogP contribution in [0.2, 0.25) is 0 Å². The van der Waals surface area contributed by atoms with Gasteiger partial charge in [0, 0.05) is 12.2 Å². The van der Waals surface area contributed by atoms with Gasteiger partial charge in [-0.2, -0.15) is 0 Å². The van der Waals surface area contributed by atoms with Crippen molar-refractivity contribution in [3.8, 4) is 0 Å². The van der Waals surface area contributed by atoms with Gasteiger partial charge in [0.2, 0.25) is 0 Å². The van der Waals surface area contributed by atoms with Gasteiger partial charge in [-0.3, -0.25) is 4.79 Å². The molecule has 3 atom stereocenters. The van der Waals surface area contributed by atoms with Crippen molar-refractivity contribution in [2.24, 2.45) is 17.8 Å². The van der Waals surface area contributed by atoms with Crippen molar-refractivity contribution in [3.63, 3.8) is 0 Å². The fourth-order valence-corrected chi connectivity index (χ4v) is 3.85. The van der Waals surface area contributed by atoms with Crippen LogP contribution >= 0.6 is 0 Å². The minimum absolute atomic E-state index is 0.0615. The standard InChI is InChI=1S/C17H19N3O2/c1-9-5-14(15-10(2)20-22-17(15)19-9)16(21)18-8-13-7-11-3-4-12(13)6-11/h3-5,11-13H,6-8H2,1-2H3,(H,18,21)/t11-,12-,13+/m0/s1. The molecule has 2 aliphatic carbocycles. The maximum atomic E-state index is 12.6. The third-order valence-corrected chi connectivity index (χ3v) is 4.93. The molecule has 2 aromatic rings. The number of aromatic nitrogens is 2. The molecular weight excluding hydrogens is 278 g/mol. The quantitative estimate of drug-likeness (QED) is 0.885. The van der Waals surface area contributed by atoms with Gasteiger partial charge >= 0.3 is 0 Å². The van der Waals surface area contributed by atoms with Crippen LogP contribution in [0.5, 0.6) is 0 Å². The zero-order valence-corrected chi connectivity index (χ0v) is 12.8. The van der Waals surface area contributed by atoms with E-state index in [9.17, 15) is 4.79 Å². The van der Waals surface area contributed by atoms with E-state index < -0.39 is 0 Å². The normalized spacial score (nSPS) is 26.0. The summed E-state index contributed by atoms with van der Waals surface area (Å²) in [5.74, 6) is 1.87. The molecule has 2 heterocycles. The summed E-state index contributed by atoms with van der Waals surface area (Å²) in [6.07, 6.45) is 7.08. The van der Waals surface area contributed by atoms with Crippen molar-refractivity contribution < 1.29 is 9.32 Å². The number of nitrogens with zero attached hydrogens (tertiary/aromatic N) is 2. The van der Waals surface area contributed by atoms with Crippen LogP contribution in [0.4, 0.5) is 0 Å². The van der Waals surface area contributed by atoms with E-state index in [-0.39, 0.29) is 5.91 Å². The Kier molecular flexibility index (Phi) is 3.03. The molecule has 0 saturated heterocycles. The highest BCUT2D eigenvalue weighted by molar-refractivity contribution is 6.06. The lowest BCUT2D eigenvalue weighted by atomic mass is 9.93. The summed E-state index contributed by atoms with van der Waals surface area (Å²) in [6.45, 7) is 4.42. The fraction of sp³-hybridized carbons (Fsp3) is 0.471. The number of hydrogen-bond acceptors (Lipinski definition) is 4. The van der Waals surface area contributed by atoms with E-state index in [1.165, 1.54) is 12.8 Å². The fourth-order valence-electron chi connectivity index (χ4n) is 3.85. The number of pyridine rings is 1. The van der Waals surface area contributed by atoms with Gasteiger partial charge in [-0.25, -0.2) is 4.98 Å². The molecule has 1 saturated carbocycles. The highest BCUT2D eigenvalue weighted by Crippen LogP contribution is 2.43. The summed E-state index contributed by atoms with van der Waals surface area (Å²) in [7, 11) is 0. The maximum Gasteiger partial charge on any atom is 0.258 e. The summed E-state index contributed by atoms with van der Waals surface area (Å²) in [6, 6.07) is 1.81.